The van der Waals surface area contributed by atoms with Crippen molar-refractivity contribution in [2.45, 2.75) is 116 Å². The number of hydrogen-bond acceptors (Lipinski definition) is 9. The van der Waals surface area contributed by atoms with Gasteiger partial charge >= 0.3 is 0 Å². The Hall–Kier alpha value is -2.12. The first-order chi connectivity index (χ1) is 16.8. The number of rotatable bonds is 10. The van der Waals surface area contributed by atoms with E-state index in [1.54, 1.807) is 13.8 Å². The van der Waals surface area contributed by atoms with Gasteiger partial charge in [-0.1, -0.05) is 27.7 Å². The lowest BCUT2D eigenvalue weighted by Crippen LogP contribution is -2.74. The molecule has 0 bridgehead atoms. The van der Waals surface area contributed by atoms with Crippen LogP contribution in [0.3, 0.4) is 0 Å². The van der Waals surface area contributed by atoms with Gasteiger partial charge < -0.3 is 0 Å². The SMILES string of the molecule is CCC(C)(C#N)N=NC(C)(CC)N1CCCC[N+](C(=S)NN)(C(C)(CC)N=NC(C)(C#N)CC)C1=S. The van der Waals surface area contributed by atoms with Crippen LogP contribution >= 0.6 is 24.4 Å². The molecule has 0 aromatic rings. The van der Waals surface area contributed by atoms with E-state index in [9.17, 15) is 10.5 Å². The lowest BCUT2D eigenvalue weighted by Gasteiger charge is -2.50. The predicted molar refractivity (Wildman–Crippen MR) is 149 cm³/mol. The number of hydrogen-bond donors (Lipinski definition) is 2. The topological polar surface area (TPSA) is 138 Å². The molecule has 3 N–H and O–H groups in total. The Morgan fingerprint density at radius 2 is 1.47 bits per heavy atom. The minimum absolute atomic E-state index is 0.00616. The van der Waals surface area contributed by atoms with Gasteiger partial charge in [-0.3, -0.25) is 10.3 Å². The first-order valence-electron chi connectivity index (χ1n) is 12.7. The fourth-order valence-electron chi connectivity index (χ4n) is 3.94. The van der Waals surface area contributed by atoms with Crippen molar-refractivity contribution in [2.24, 2.45) is 26.3 Å². The van der Waals surface area contributed by atoms with E-state index in [2.05, 4.69) is 32.7 Å². The molecule has 0 saturated carbocycles. The molecule has 0 aliphatic carbocycles. The molecule has 0 aromatic carbocycles. The molecule has 0 spiro atoms. The smallest absolute Gasteiger partial charge is 0.291 e. The monoisotopic (exact) mass is 535 g/mol. The highest BCUT2D eigenvalue weighted by Crippen LogP contribution is 2.39. The highest BCUT2D eigenvalue weighted by atomic mass is 32.1. The molecule has 0 amide bonds. The fourth-order valence-corrected chi connectivity index (χ4v) is 5.04. The lowest BCUT2D eigenvalue weighted by molar-refractivity contribution is -0.810. The molecule has 1 fully saturated rings. The van der Waals surface area contributed by atoms with Crippen LogP contribution in [-0.2, 0) is 0 Å². The van der Waals surface area contributed by atoms with Gasteiger partial charge in [0.25, 0.3) is 10.2 Å². The zero-order valence-electron chi connectivity index (χ0n) is 23.1. The maximum absolute atomic E-state index is 9.68. The van der Waals surface area contributed by atoms with E-state index < -0.39 is 22.4 Å². The maximum Gasteiger partial charge on any atom is 0.293 e. The van der Waals surface area contributed by atoms with Gasteiger partial charge in [-0.15, -0.1) is 5.11 Å². The number of thiocarbonyl (C=S) groups is 2. The quantitative estimate of drug-likeness (QED) is 0.124. The van der Waals surface area contributed by atoms with Crippen molar-refractivity contribution in [2.75, 3.05) is 13.1 Å². The van der Waals surface area contributed by atoms with Crippen LogP contribution in [0.2, 0.25) is 0 Å². The molecule has 1 aliphatic heterocycles. The minimum atomic E-state index is -0.959. The Balaban J connectivity index is 3.81. The van der Waals surface area contributed by atoms with E-state index in [1.165, 1.54) is 0 Å². The molecule has 12 heteroatoms. The zero-order valence-corrected chi connectivity index (χ0v) is 24.8. The number of nitrogens with two attached hydrogens (primary N) is 1. The van der Waals surface area contributed by atoms with Gasteiger partial charge in [-0.2, -0.15) is 30.3 Å². The first kappa shape index (κ1) is 31.9. The van der Waals surface area contributed by atoms with Crippen molar-refractivity contribution in [3.8, 4) is 12.1 Å². The standard InChI is InChI=1S/C24H42N10S2/c1-9-21(5,17-25)29-31-23(7,11-3)33-15-13-14-16-34(20(33)36,19(35)28-27)24(8,12-4)32-30-22(6,10-2)18-26/h9-16H2,1-8H3,(H2-,27,28,29,30,31,32,35)/p+1. The van der Waals surface area contributed by atoms with E-state index in [4.69, 9.17) is 40.5 Å². The van der Waals surface area contributed by atoms with Gasteiger partial charge in [0, 0.05) is 44.3 Å². The van der Waals surface area contributed by atoms with E-state index in [0.29, 0.717) is 49.0 Å². The Labute approximate surface area is 227 Å². The predicted octanol–water partition coefficient (Wildman–Crippen LogP) is 5.47. The van der Waals surface area contributed by atoms with Gasteiger partial charge in [0.1, 0.15) is 0 Å². The Bertz CT molecular complexity index is 956. The molecule has 200 valence electrons. The molecule has 10 nitrogen and oxygen atoms in total. The maximum atomic E-state index is 9.68. The van der Waals surface area contributed by atoms with Gasteiger partial charge in [0.05, 0.1) is 18.7 Å². The zero-order chi connectivity index (χ0) is 27.8. The third-order valence-corrected chi connectivity index (χ3v) is 8.69. The summed E-state index contributed by atoms with van der Waals surface area (Å²) in [6, 6.07) is 4.51. The van der Waals surface area contributed by atoms with E-state index in [-0.39, 0.29) is 4.48 Å². The second kappa shape index (κ2) is 12.4. The average Bonchev–Trinajstić information content (AvgIpc) is 3.09. The highest BCUT2D eigenvalue weighted by Gasteiger charge is 2.58. The molecule has 1 heterocycles. The summed E-state index contributed by atoms with van der Waals surface area (Å²) in [4.78, 5) is 2.06. The molecule has 36 heavy (non-hydrogen) atoms. The summed E-state index contributed by atoms with van der Waals surface area (Å²) in [6.07, 6.45) is 3.88. The van der Waals surface area contributed by atoms with Crippen LogP contribution in [0.4, 0.5) is 0 Å². The van der Waals surface area contributed by atoms with Gasteiger partial charge in [0.15, 0.2) is 16.7 Å². The molecule has 1 saturated heterocycles. The molecule has 0 radical (unpaired) electrons. The third kappa shape index (κ3) is 6.05. The summed E-state index contributed by atoms with van der Waals surface area (Å²) in [7, 11) is 0. The van der Waals surface area contributed by atoms with Crippen LogP contribution in [0.1, 0.15) is 93.9 Å². The van der Waals surface area contributed by atoms with Crippen molar-refractivity contribution in [1.82, 2.24) is 10.3 Å². The molecule has 5 unspecified atom stereocenters. The summed E-state index contributed by atoms with van der Waals surface area (Å²) < 4.78 is -0.00616. The van der Waals surface area contributed by atoms with Crippen LogP contribution < -0.4 is 11.3 Å². The summed E-state index contributed by atoms with van der Waals surface area (Å²) in [5, 5.41) is 38.6. The first-order valence-corrected chi connectivity index (χ1v) is 13.5. The lowest BCUT2D eigenvalue weighted by atomic mass is 10.0. The fraction of sp³-hybridized carbons (Fsp3) is 0.833. The molecule has 1 aliphatic rings. The highest BCUT2D eigenvalue weighted by molar-refractivity contribution is 7.81. The van der Waals surface area contributed by atoms with E-state index >= 15 is 0 Å². The number of quaternary nitrogens is 1. The molecule has 5 atom stereocenters. The van der Waals surface area contributed by atoms with Crippen LogP contribution in [-0.4, -0.2) is 55.1 Å². The van der Waals surface area contributed by atoms with Crippen molar-refractivity contribution in [1.29, 1.82) is 10.5 Å². The van der Waals surface area contributed by atoms with Crippen molar-refractivity contribution < 1.29 is 4.48 Å². The van der Waals surface area contributed by atoms with Crippen molar-refractivity contribution in [3.63, 3.8) is 0 Å². The number of azo groups is 2. The molecular weight excluding hydrogens is 492 g/mol. The largest absolute Gasteiger partial charge is 0.293 e. The molecule has 1 rings (SSSR count). The normalized spacial score (nSPS) is 25.6. The second-order valence-electron chi connectivity index (χ2n) is 10.1. The van der Waals surface area contributed by atoms with Gasteiger partial charge in [0.2, 0.25) is 5.66 Å². The average molecular weight is 536 g/mol. The van der Waals surface area contributed by atoms with E-state index in [1.807, 2.05) is 41.5 Å². The van der Waals surface area contributed by atoms with Crippen LogP contribution in [0.5, 0.6) is 0 Å². The molecular formula is C24H43N10S2+. The van der Waals surface area contributed by atoms with Crippen LogP contribution in [0.15, 0.2) is 20.5 Å². The molecule has 0 aromatic heterocycles. The van der Waals surface area contributed by atoms with Crippen LogP contribution in [0.25, 0.3) is 0 Å². The van der Waals surface area contributed by atoms with Crippen molar-refractivity contribution in [3.05, 3.63) is 0 Å². The summed E-state index contributed by atoms with van der Waals surface area (Å²) >= 11 is 12.1. The summed E-state index contributed by atoms with van der Waals surface area (Å²) in [5.74, 6) is 5.94. The Morgan fingerprint density at radius 1 is 0.944 bits per heavy atom. The number of nitrogens with one attached hydrogen (secondary N) is 1. The minimum Gasteiger partial charge on any atom is -0.291 e. The Kier molecular flexibility index (Phi) is 11.0. The van der Waals surface area contributed by atoms with Gasteiger partial charge in [-0.25, -0.2) is 5.84 Å². The summed E-state index contributed by atoms with van der Waals surface area (Å²) in [5.41, 5.74) is -0.919. The van der Waals surface area contributed by atoms with Crippen LogP contribution in [0, 0.1) is 22.7 Å². The van der Waals surface area contributed by atoms with Crippen molar-refractivity contribution >= 4 is 34.7 Å². The van der Waals surface area contributed by atoms with Gasteiger partial charge in [-0.05, 0) is 52.9 Å². The third-order valence-electron chi connectivity index (χ3n) is 7.73. The summed E-state index contributed by atoms with van der Waals surface area (Å²) in [6.45, 7) is 16.5. The number of nitriles is 2. The Morgan fingerprint density at radius 3 is 1.89 bits per heavy atom. The number of hydrazine groups is 1. The van der Waals surface area contributed by atoms with E-state index in [0.717, 1.165) is 12.8 Å². The number of nitrogens with zero attached hydrogens (tertiary/aromatic N) is 8. The second-order valence-corrected chi connectivity index (χ2v) is 10.9.